The largest absolute Gasteiger partial charge is 0.476 e. The minimum absolute atomic E-state index is 0.0939. The number of nitrogens with zero attached hydrogens (tertiary/aromatic N) is 4. The molecular weight excluding hydrogens is 478 g/mol. The molecular formula is C27H28ClN5O3. The lowest BCUT2D eigenvalue weighted by atomic mass is 9.54. The minimum atomic E-state index is -1.18. The first-order valence-corrected chi connectivity index (χ1v) is 12.6. The van der Waals surface area contributed by atoms with Crippen LogP contribution in [-0.4, -0.2) is 25.6 Å². The number of pyridine rings is 1. The topological polar surface area (TPSA) is 121 Å². The van der Waals surface area contributed by atoms with E-state index in [9.17, 15) is 20.0 Å². The fraction of sp³-hybridized carbons (Fsp3) is 0.444. The molecule has 0 amide bonds. The monoisotopic (exact) mass is 505 g/mol. The second-order valence-electron chi connectivity index (χ2n) is 10.4. The van der Waals surface area contributed by atoms with Gasteiger partial charge >= 0.3 is 5.97 Å². The van der Waals surface area contributed by atoms with Gasteiger partial charge in [-0.1, -0.05) is 17.7 Å². The van der Waals surface area contributed by atoms with Crippen molar-refractivity contribution >= 4 is 34.2 Å². The van der Waals surface area contributed by atoms with Crippen LogP contribution < -0.4 is 10.9 Å². The number of aromatic carboxylic acids is 1. The molecule has 1 aromatic carbocycles. The van der Waals surface area contributed by atoms with Gasteiger partial charge in [0.25, 0.3) is 5.56 Å². The normalized spacial score (nSPS) is 23.9. The molecule has 3 aliphatic rings. The van der Waals surface area contributed by atoms with E-state index in [2.05, 4.69) is 16.4 Å². The molecule has 186 valence electrons. The van der Waals surface area contributed by atoms with Crippen LogP contribution in [0.3, 0.4) is 0 Å². The van der Waals surface area contributed by atoms with E-state index in [1.54, 1.807) is 17.7 Å². The number of carboxylic acids is 1. The molecule has 1 atom stereocenters. The lowest BCUT2D eigenvalue weighted by molar-refractivity contribution is 0.0691. The van der Waals surface area contributed by atoms with E-state index in [1.165, 1.54) is 6.07 Å². The van der Waals surface area contributed by atoms with Gasteiger partial charge in [-0.15, -0.1) is 0 Å². The van der Waals surface area contributed by atoms with E-state index >= 15 is 0 Å². The number of hydrogen-bond acceptors (Lipinski definition) is 6. The molecule has 2 aromatic heterocycles. The Balaban J connectivity index is 1.62. The Labute approximate surface area is 213 Å². The maximum absolute atomic E-state index is 13.6. The van der Waals surface area contributed by atoms with Crippen molar-refractivity contribution in [3.05, 3.63) is 62.4 Å². The Morgan fingerprint density at radius 1 is 1.19 bits per heavy atom. The van der Waals surface area contributed by atoms with Crippen LogP contribution in [0.5, 0.6) is 0 Å². The van der Waals surface area contributed by atoms with Crippen LogP contribution in [-0.2, 0) is 12.5 Å². The predicted octanol–water partition coefficient (Wildman–Crippen LogP) is 5.28. The van der Waals surface area contributed by atoms with Gasteiger partial charge in [-0.3, -0.25) is 9.36 Å². The van der Waals surface area contributed by atoms with Crippen molar-refractivity contribution in [3.63, 3.8) is 0 Å². The number of fused-ring (bicyclic) bond motifs is 4. The standard InChI is InChI=1S/C27H28ClN5O3/c1-15-12-17(16(2)30-19-4-5-20(28)31-22(19)24(35)36)21-18(13-15)23(34)33(3)25(32-21)27-9-6-26(14-29,7-10-27)8-11-27/h4-5,12-13,16,30H,6-11H2,1-3H3,(H,35,36)/t16-,26?,27?/m1/s1. The van der Waals surface area contributed by atoms with Crippen LogP contribution in [0, 0.1) is 23.7 Å². The van der Waals surface area contributed by atoms with E-state index in [-0.39, 0.29) is 33.3 Å². The molecule has 0 saturated heterocycles. The number of carboxylic acid groups (broad SMARTS) is 1. The van der Waals surface area contributed by atoms with Crippen LogP contribution in [0.25, 0.3) is 10.9 Å². The lowest BCUT2D eigenvalue weighted by Gasteiger charge is -2.50. The summed E-state index contributed by atoms with van der Waals surface area (Å²) in [6.45, 7) is 3.84. The van der Waals surface area contributed by atoms with Crippen molar-refractivity contribution in [2.75, 3.05) is 5.32 Å². The molecule has 0 radical (unpaired) electrons. The zero-order valence-corrected chi connectivity index (χ0v) is 21.3. The van der Waals surface area contributed by atoms with Crippen molar-refractivity contribution in [1.82, 2.24) is 14.5 Å². The van der Waals surface area contributed by atoms with Gasteiger partial charge in [0.1, 0.15) is 11.0 Å². The Kier molecular flexibility index (Phi) is 5.79. The quantitative estimate of drug-likeness (QED) is 0.452. The van der Waals surface area contributed by atoms with E-state index in [0.717, 1.165) is 55.5 Å². The number of aryl methyl sites for hydroxylation is 1. The maximum atomic E-state index is 13.6. The van der Waals surface area contributed by atoms with Gasteiger partial charge in [0.15, 0.2) is 5.69 Å². The fourth-order valence-electron chi connectivity index (χ4n) is 6.07. The number of aromatic nitrogens is 3. The number of nitrogens with one attached hydrogen (secondary N) is 1. The molecule has 0 aliphatic heterocycles. The molecule has 2 heterocycles. The number of halogens is 1. The summed E-state index contributed by atoms with van der Waals surface area (Å²) in [4.78, 5) is 34.4. The maximum Gasteiger partial charge on any atom is 0.356 e. The summed E-state index contributed by atoms with van der Waals surface area (Å²) in [6.07, 6.45) is 5.03. The zero-order valence-electron chi connectivity index (χ0n) is 20.6. The van der Waals surface area contributed by atoms with Gasteiger partial charge in [0.2, 0.25) is 0 Å². The third-order valence-corrected chi connectivity index (χ3v) is 8.42. The first kappa shape index (κ1) is 24.3. The van der Waals surface area contributed by atoms with E-state index in [0.29, 0.717) is 16.6 Å². The highest BCUT2D eigenvalue weighted by Crippen LogP contribution is 2.57. The van der Waals surface area contributed by atoms with Crippen LogP contribution in [0.1, 0.15) is 78.9 Å². The number of carbonyl (C=O) groups is 1. The molecule has 2 bridgehead atoms. The number of nitriles is 1. The minimum Gasteiger partial charge on any atom is -0.476 e. The van der Waals surface area contributed by atoms with Gasteiger partial charge in [0, 0.05) is 18.0 Å². The molecule has 0 unspecified atom stereocenters. The Morgan fingerprint density at radius 3 is 2.47 bits per heavy atom. The summed E-state index contributed by atoms with van der Waals surface area (Å²) >= 11 is 5.92. The van der Waals surface area contributed by atoms with Gasteiger partial charge < -0.3 is 10.4 Å². The molecule has 3 fully saturated rings. The molecule has 3 saturated carbocycles. The number of rotatable bonds is 5. The summed E-state index contributed by atoms with van der Waals surface area (Å²) in [5.41, 5.74) is 1.98. The van der Waals surface area contributed by atoms with Crippen LogP contribution in [0.15, 0.2) is 29.1 Å². The summed E-state index contributed by atoms with van der Waals surface area (Å²) in [5, 5.41) is 23.2. The van der Waals surface area contributed by atoms with Crippen molar-refractivity contribution in [1.29, 1.82) is 5.26 Å². The van der Waals surface area contributed by atoms with Gasteiger partial charge in [0.05, 0.1) is 34.1 Å². The molecule has 36 heavy (non-hydrogen) atoms. The van der Waals surface area contributed by atoms with E-state index in [4.69, 9.17) is 16.6 Å². The first-order valence-electron chi connectivity index (χ1n) is 12.2. The predicted molar refractivity (Wildman–Crippen MR) is 137 cm³/mol. The van der Waals surface area contributed by atoms with Crippen LogP contribution in [0.4, 0.5) is 5.69 Å². The highest BCUT2D eigenvalue weighted by molar-refractivity contribution is 6.29. The van der Waals surface area contributed by atoms with E-state index < -0.39 is 5.97 Å². The van der Waals surface area contributed by atoms with Crippen LogP contribution >= 0.6 is 11.6 Å². The third kappa shape index (κ3) is 3.82. The van der Waals surface area contributed by atoms with Crippen molar-refractivity contribution in [3.8, 4) is 6.07 Å². The first-order chi connectivity index (χ1) is 17.1. The van der Waals surface area contributed by atoms with Crippen molar-refractivity contribution < 1.29 is 9.90 Å². The highest BCUT2D eigenvalue weighted by atomic mass is 35.5. The number of benzene rings is 1. The summed E-state index contributed by atoms with van der Waals surface area (Å²) < 4.78 is 1.69. The SMILES string of the molecule is Cc1cc([C@@H](C)Nc2ccc(Cl)nc2C(=O)O)c2nc(C34CCC(C#N)(CC3)CC4)n(C)c(=O)c2c1. The Hall–Kier alpha value is -3.44. The van der Waals surface area contributed by atoms with E-state index in [1.807, 2.05) is 26.0 Å². The second kappa shape index (κ2) is 8.59. The fourth-order valence-corrected chi connectivity index (χ4v) is 6.22. The number of hydrogen-bond donors (Lipinski definition) is 2. The smallest absolute Gasteiger partial charge is 0.356 e. The molecule has 8 nitrogen and oxygen atoms in total. The molecule has 2 N–H and O–H groups in total. The highest BCUT2D eigenvalue weighted by Gasteiger charge is 2.51. The lowest BCUT2D eigenvalue weighted by Crippen LogP contribution is -2.46. The molecule has 6 rings (SSSR count). The average molecular weight is 506 g/mol. The molecule has 3 aliphatic carbocycles. The average Bonchev–Trinajstić information content (AvgIpc) is 2.88. The van der Waals surface area contributed by atoms with Crippen molar-refractivity contribution in [2.24, 2.45) is 12.5 Å². The Bertz CT molecular complexity index is 1480. The number of anilines is 1. The molecule has 9 heteroatoms. The summed E-state index contributed by atoms with van der Waals surface area (Å²) in [5.74, 6) is -0.402. The van der Waals surface area contributed by atoms with Gasteiger partial charge in [-0.25, -0.2) is 14.8 Å². The summed E-state index contributed by atoms with van der Waals surface area (Å²) in [6, 6.07) is 9.16. The van der Waals surface area contributed by atoms with Gasteiger partial charge in [-0.05, 0) is 76.1 Å². The second-order valence-corrected chi connectivity index (χ2v) is 10.8. The summed E-state index contributed by atoms with van der Waals surface area (Å²) in [7, 11) is 1.79. The van der Waals surface area contributed by atoms with Gasteiger partial charge in [-0.2, -0.15) is 5.26 Å². The third-order valence-electron chi connectivity index (χ3n) is 8.21. The van der Waals surface area contributed by atoms with Crippen LogP contribution in [0.2, 0.25) is 5.15 Å². The molecule has 0 spiro atoms. The molecule has 3 aromatic rings. The zero-order chi connectivity index (χ0) is 25.8. The Morgan fingerprint density at radius 2 is 1.86 bits per heavy atom. The van der Waals surface area contributed by atoms with Crippen molar-refractivity contribution in [2.45, 2.75) is 63.8 Å².